The molecular weight excluding hydrogens is 250 g/mol. The third-order valence-electron chi connectivity index (χ3n) is 4.46. The predicted octanol–water partition coefficient (Wildman–Crippen LogP) is 1.94. The molecular formula is C16H25N3O. The highest BCUT2D eigenvalue weighted by atomic mass is 16.5. The average molecular weight is 275 g/mol. The fraction of sp³-hybridized carbons (Fsp3) is 0.688. The first-order valence-corrected chi connectivity index (χ1v) is 7.87. The molecule has 2 saturated heterocycles. The Balaban J connectivity index is 1.46. The lowest BCUT2D eigenvalue weighted by Crippen LogP contribution is -2.38. The van der Waals surface area contributed by atoms with E-state index in [1.54, 1.807) is 0 Å². The highest BCUT2D eigenvalue weighted by molar-refractivity contribution is 5.15. The lowest BCUT2D eigenvalue weighted by molar-refractivity contribution is 0.0359. The molecule has 2 aliphatic heterocycles. The Labute approximate surface area is 121 Å². The normalized spacial score (nSPS) is 25.1. The lowest BCUT2D eigenvalue weighted by atomic mass is 10.1. The van der Waals surface area contributed by atoms with Crippen molar-refractivity contribution in [2.75, 3.05) is 45.9 Å². The topological polar surface area (TPSA) is 28.6 Å². The Bertz CT molecular complexity index is 392. The summed E-state index contributed by atoms with van der Waals surface area (Å²) >= 11 is 0. The first-order chi connectivity index (χ1) is 9.93. The molecule has 20 heavy (non-hydrogen) atoms. The van der Waals surface area contributed by atoms with E-state index in [0.29, 0.717) is 6.04 Å². The van der Waals surface area contributed by atoms with Gasteiger partial charge in [0.1, 0.15) is 0 Å². The highest BCUT2D eigenvalue weighted by Gasteiger charge is 2.25. The van der Waals surface area contributed by atoms with Gasteiger partial charge in [-0.3, -0.25) is 14.8 Å². The molecule has 0 N–H and O–H groups in total. The van der Waals surface area contributed by atoms with E-state index in [9.17, 15) is 0 Å². The Morgan fingerprint density at radius 2 is 2.10 bits per heavy atom. The van der Waals surface area contributed by atoms with E-state index >= 15 is 0 Å². The van der Waals surface area contributed by atoms with Crippen molar-refractivity contribution in [2.24, 2.45) is 0 Å². The van der Waals surface area contributed by atoms with Crippen LogP contribution in [-0.2, 0) is 4.74 Å². The monoisotopic (exact) mass is 275 g/mol. The van der Waals surface area contributed by atoms with Crippen molar-refractivity contribution in [2.45, 2.75) is 25.3 Å². The summed E-state index contributed by atoms with van der Waals surface area (Å²) in [5, 5.41) is 0. The van der Waals surface area contributed by atoms with E-state index in [4.69, 9.17) is 4.74 Å². The SMILES string of the molecule is c1cncc(C2CCCN2CCCN2CCOCC2)c1. The van der Waals surface area contributed by atoms with Crippen LogP contribution < -0.4 is 0 Å². The molecule has 1 unspecified atom stereocenters. The second-order valence-electron chi connectivity index (χ2n) is 5.79. The first kappa shape index (κ1) is 14.0. The van der Waals surface area contributed by atoms with Crippen LogP contribution in [0.2, 0.25) is 0 Å². The minimum absolute atomic E-state index is 0.591. The van der Waals surface area contributed by atoms with Gasteiger partial charge in [0.15, 0.2) is 0 Å². The second-order valence-corrected chi connectivity index (χ2v) is 5.79. The molecule has 0 bridgehead atoms. The molecule has 0 saturated carbocycles. The van der Waals surface area contributed by atoms with Gasteiger partial charge in [0.25, 0.3) is 0 Å². The molecule has 0 radical (unpaired) electrons. The summed E-state index contributed by atoms with van der Waals surface area (Å²) in [6, 6.07) is 4.87. The molecule has 2 fully saturated rings. The van der Waals surface area contributed by atoms with E-state index in [2.05, 4.69) is 26.9 Å². The fourth-order valence-electron chi connectivity index (χ4n) is 3.37. The van der Waals surface area contributed by atoms with Gasteiger partial charge in [-0.25, -0.2) is 0 Å². The smallest absolute Gasteiger partial charge is 0.0594 e. The molecule has 1 atom stereocenters. The number of hydrogen-bond acceptors (Lipinski definition) is 4. The molecule has 110 valence electrons. The quantitative estimate of drug-likeness (QED) is 0.821. The number of morpholine rings is 1. The van der Waals surface area contributed by atoms with Crippen LogP contribution in [0.5, 0.6) is 0 Å². The number of nitrogens with zero attached hydrogens (tertiary/aromatic N) is 3. The Kier molecular flexibility index (Phi) is 5.01. The number of ether oxygens (including phenoxy) is 1. The van der Waals surface area contributed by atoms with Gasteiger partial charge >= 0.3 is 0 Å². The molecule has 0 amide bonds. The van der Waals surface area contributed by atoms with Crippen LogP contribution in [0.1, 0.15) is 30.9 Å². The van der Waals surface area contributed by atoms with Gasteiger partial charge in [-0.2, -0.15) is 0 Å². The lowest BCUT2D eigenvalue weighted by Gasteiger charge is -2.29. The molecule has 1 aromatic rings. The standard InChI is InChI=1S/C16H25N3O/c1-4-15(14-17-6-1)16-5-2-8-19(16)9-3-7-18-10-12-20-13-11-18/h1,4,6,14,16H,2-3,5,7-13H2. The minimum Gasteiger partial charge on any atom is -0.379 e. The predicted molar refractivity (Wildman–Crippen MR) is 79.7 cm³/mol. The molecule has 3 heterocycles. The van der Waals surface area contributed by atoms with Crippen molar-refractivity contribution in [3.8, 4) is 0 Å². The van der Waals surface area contributed by atoms with Crippen LogP contribution in [0.4, 0.5) is 0 Å². The molecule has 3 rings (SSSR count). The maximum atomic E-state index is 5.40. The van der Waals surface area contributed by atoms with Gasteiger partial charge in [0.05, 0.1) is 13.2 Å². The van der Waals surface area contributed by atoms with Crippen LogP contribution in [0.3, 0.4) is 0 Å². The Hall–Kier alpha value is -0.970. The van der Waals surface area contributed by atoms with Crippen molar-refractivity contribution in [1.82, 2.24) is 14.8 Å². The number of pyridine rings is 1. The van der Waals surface area contributed by atoms with Crippen molar-refractivity contribution in [3.63, 3.8) is 0 Å². The van der Waals surface area contributed by atoms with Gasteiger partial charge in [-0.05, 0) is 50.5 Å². The van der Waals surface area contributed by atoms with E-state index < -0.39 is 0 Å². The van der Waals surface area contributed by atoms with Gasteiger partial charge in [-0.1, -0.05) is 6.07 Å². The maximum Gasteiger partial charge on any atom is 0.0594 e. The van der Waals surface area contributed by atoms with E-state index in [0.717, 1.165) is 26.3 Å². The summed E-state index contributed by atoms with van der Waals surface area (Å²) in [6.07, 6.45) is 7.75. The molecule has 0 aliphatic carbocycles. The third-order valence-corrected chi connectivity index (χ3v) is 4.46. The largest absolute Gasteiger partial charge is 0.379 e. The molecule has 0 aromatic carbocycles. The van der Waals surface area contributed by atoms with Crippen LogP contribution in [0, 0.1) is 0 Å². The van der Waals surface area contributed by atoms with E-state index in [1.807, 2.05) is 12.4 Å². The molecule has 0 spiro atoms. The summed E-state index contributed by atoms with van der Waals surface area (Å²) in [6.45, 7) is 7.67. The van der Waals surface area contributed by atoms with Gasteiger partial charge < -0.3 is 4.74 Å². The van der Waals surface area contributed by atoms with Crippen LogP contribution in [0.15, 0.2) is 24.5 Å². The molecule has 2 aliphatic rings. The first-order valence-electron chi connectivity index (χ1n) is 7.87. The highest BCUT2D eigenvalue weighted by Crippen LogP contribution is 2.31. The fourth-order valence-corrected chi connectivity index (χ4v) is 3.37. The zero-order valence-electron chi connectivity index (χ0n) is 12.2. The summed E-state index contributed by atoms with van der Waals surface area (Å²) in [7, 11) is 0. The number of aromatic nitrogens is 1. The molecule has 4 nitrogen and oxygen atoms in total. The third kappa shape index (κ3) is 3.57. The average Bonchev–Trinajstić information content (AvgIpc) is 2.98. The summed E-state index contributed by atoms with van der Waals surface area (Å²) in [5.41, 5.74) is 1.39. The Morgan fingerprint density at radius 1 is 1.20 bits per heavy atom. The van der Waals surface area contributed by atoms with Gasteiger partial charge in [-0.15, -0.1) is 0 Å². The van der Waals surface area contributed by atoms with Gasteiger partial charge in [0, 0.05) is 31.5 Å². The number of rotatable bonds is 5. The van der Waals surface area contributed by atoms with Gasteiger partial charge in [0.2, 0.25) is 0 Å². The van der Waals surface area contributed by atoms with Crippen LogP contribution in [-0.4, -0.2) is 60.7 Å². The van der Waals surface area contributed by atoms with E-state index in [-0.39, 0.29) is 0 Å². The minimum atomic E-state index is 0.591. The van der Waals surface area contributed by atoms with Crippen molar-refractivity contribution in [1.29, 1.82) is 0 Å². The van der Waals surface area contributed by atoms with Crippen molar-refractivity contribution < 1.29 is 4.74 Å². The Morgan fingerprint density at radius 3 is 2.90 bits per heavy atom. The molecule has 4 heteroatoms. The zero-order chi connectivity index (χ0) is 13.6. The number of hydrogen-bond donors (Lipinski definition) is 0. The van der Waals surface area contributed by atoms with Crippen LogP contribution in [0.25, 0.3) is 0 Å². The molecule has 1 aromatic heterocycles. The second kappa shape index (κ2) is 7.16. The van der Waals surface area contributed by atoms with Crippen molar-refractivity contribution >= 4 is 0 Å². The maximum absolute atomic E-state index is 5.40. The van der Waals surface area contributed by atoms with Crippen molar-refractivity contribution in [3.05, 3.63) is 30.1 Å². The summed E-state index contributed by atoms with van der Waals surface area (Å²) in [5.74, 6) is 0. The zero-order valence-corrected chi connectivity index (χ0v) is 12.2. The van der Waals surface area contributed by atoms with Crippen LogP contribution >= 0.6 is 0 Å². The summed E-state index contributed by atoms with van der Waals surface area (Å²) < 4.78 is 5.40. The summed E-state index contributed by atoms with van der Waals surface area (Å²) in [4.78, 5) is 9.43. The van der Waals surface area contributed by atoms with E-state index in [1.165, 1.54) is 44.5 Å². The number of likely N-dealkylation sites (tertiary alicyclic amines) is 1.